The SMILES string of the molecule is COCCCCC(CNCC(C)C)c1ccc(Br)cc1. The molecule has 1 unspecified atom stereocenters. The topological polar surface area (TPSA) is 21.3 Å². The van der Waals surface area contributed by atoms with Crippen molar-refractivity contribution in [1.82, 2.24) is 5.32 Å². The Morgan fingerprint density at radius 1 is 1.10 bits per heavy atom. The van der Waals surface area contributed by atoms with Gasteiger partial charge in [0.25, 0.3) is 0 Å². The fourth-order valence-corrected chi connectivity index (χ4v) is 2.57. The molecule has 0 saturated heterocycles. The highest BCUT2D eigenvalue weighted by Crippen LogP contribution is 2.23. The van der Waals surface area contributed by atoms with E-state index >= 15 is 0 Å². The summed E-state index contributed by atoms with van der Waals surface area (Å²) in [6.45, 7) is 7.52. The van der Waals surface area contributed by atoms with Gasteiger partial charge in [-0.25, -0.2) is 0 Å². The molecular weight excluding hydrogens is 314 g/mol. The van der Waals surface area contributed by atoms with Crippen LogP contribution in [0.5, 0.6) is 0 Å². The van der Waals surface area contributed by atoms with Crippen LogP contribution in [-0.2, 0) is 4.74 Å². The normalized spacial score (nSPS) is 12.8. The molecule has 0 heterocycles. The van der Waals surface area contributed by atoms with Crippen molar-refractivity contribution < 1.29 is 4.74 Å². The number of halogens is 1. The lowest BCUT2D eigenvalue weighted by atomic mass is 9.93. The van der Waals surface area contributed by atoms with Crippen LogP contribution in [0.2, 0.25) is 0 Å². The Balaban J connectivity index is 2.51. The molecule has 0 amide bonds. The number of benzene rings is 1. The van der Waals surface area contributed by atoms with E-state index in [1.54, 1.807) is 7.11 Å². The lowest BCUT2D eigenvalue weighted by Gasteiger charge is -2.19. The van der Waals surface area contributed by atoms with E-state index < -0.39 is 0 Å². The fourth-order valence-electron chi connectivity index (χ4n) is 2.30. The van der Waals surface area contributed by atoms with E-state index in [0.717, 1.165) is 30.6 Å². The van der Waals surface area contributed by atoms with Gasteiger partial charge in [-0.2, -0.15) is 0 Å². The van der Waals surface area contributed by atoms with Crippen LogP contribution in [0.25, 0.3) is 0 Å². The molecule has 0 radical (unpaired) electrons. The van der Waals surface area contributed by atoms with Crippen LogP contribution in [-0.4, -0.2) is 26.8 Å². The average molecular weight is 342 g/mol. The van der Waals surface area contributed by atoms with E-state index in [-0.39, 0.29) is 0 Å². The summed E-state index contributed by atoms with van der Waals surface area (Å²) in [5.74, 6) is 1.30. The van der Waals surface area contributed by atoms with E-state index in [4.69, 9.17) is 4.74 Å². The Labute approximate surface area is 132 Å². The Bertz CT molecular complexity index is 351. The Morgan fingerprint density at radius 3 is 2.40 bits per heavy atom. The van der Waals surface area contributed by atoms with Gasteiger partial charge >= 0.3 is 0 Å². The number of hydrogen-bond donors (Lipinski definition) is 1. The second kappa shape index (κ2) is 10.4. The second-order valence-electron chi connectivity index (χ2n) is 5.79. The number of nitrogens with one attached hydrogen (secondary N) is 1. The van der Waals surface area contributed by atoms with Crippen molar-refractivity contribution >= 4 is 15.9 Å². The molecule has 0 aliphatic heterocycles. The predicted molar refractivity (Wildman–Crippen MR) is 90.3 cm³/mol. The van der Waals surface area contributed by atoms with Crippen molar-refractivity contribution in [2.75, 3.05) is 26.8 Å². The molecule has 1 rings (SSSR count). The molecule has 1 atom stereocenters. The first-order chi connectivity index (χ1) is 9.63. The summed E-state index contributed by atoms with van der Waals surface area (Å²) in [7, 11) is 1.77. The number of unbranched alkanes of at least 4 members (excludes halogenated alkanes) is 1. The van der Waals surface area contributed by atoms with Gasteiger partial charge in [-0.05, 0) is 48.9 Å². The molecule has 0 aliphatic rings. The smallest absolute Gasteiger partial charge is 0.0462 e. The summed E-state index contributed by atoms with van der Waals surface area (Å²) in [6, 6.07) is 8.75. The van der Waals surface area contributed by atoms with Gasteiger partial charge in [0, 0.05) is 24.7 Å². The molecule has 0 aromatic heterocycles. The molecule has 1 aromatic rings. The Hall–Kier alpha value is -0.380. The molecule has 0 saturated carbocycles. The molecule has 20 heavy (non-hydrogen) atoms. The van der Waals surface area contributed by atoms with Crippen LogP contribution in [0, 0.1) is 5.92 Å². The summed E-state index contributed by atoms with van der Waals surface area (Å²) in [4.78, 5) is 0. The lowest BCUT2D eigenvalue weighted by Crippen LogP contribution is -2.25. The zero-order chi connectivity index (χ0) is 14.8. The minimum atomic E-state index is 0.596. The van der Waals surface area contributed by atoms with E-state index in [0.29, 0.717) is 11.8 Å². The van der Waals surface area contributed by atoms with Crippen molar-refractivity contribution in [2.45, 2.75) is 39.0 Å². The van der Waals surface area contributed by atoms with Gasteiger partial charge in [-0.1, -0.05) is 48.3 Å². The van der Waals surface area contributed by atoms with Crippen LogP contribution in [0.1, 0.15) is 44.6 Å². The molecule has 114 valence electrons. The minimum absolute atomic E-state index is 0.596. The molecule has 1 N–H and O–H groups in total. The standard InChI is InChI=1S/C17H28BrNO/c1-14(2)12-19-13-16(6-4-5-11-20-3)15-7-9-17(18)10-8-15/h7-10,14,16,19H,4-6,11-13H2,1-3H3. The molecule has 2 nitrogen and oxygen atoms in total. The zero-order valence-corrected chi connectivity index (χ0v) is 14.6. The predicted octanol–water partition coefficient (Wildman–Crippen LogP) is 4.60. The highest BCUT2D eigenvalue weighted by molar-refractivity contribution is 9.10. The first kappa shape index (κ1) is 17.7. The molecule has 0 bridgehead atoms. The van der Waals surface area contributed by atoms with Crippen LogP contribution in [0.15, 0.2) is 28.7 Å². The zero-order valence-electron chi connectivity index (χ0n) is 13.0. The number of ether oxygens (including phenoxy) is 1. The Morgan fingerprint density at radius 2 is 1.80 bits per heavy atom. The van der Waals surface area contributed by atoms with Crippen molar-refractivity contribution in [3.05, 3.63) is 34.3 Å². The highest BCUT2D eigenvalue weighted by Gasteiger charge is 2.11. The fraction of sp³-hybridized carbons (Fsp3) is 0.647. The van der Waals surface area contributed by atoms with Gasteiger partial charge in [0.15, 0.2) is 0 Å². The molecule has 1 aromatic carbocycles. The maximum atomic E-state index is 5.14. The molecular formula is C17H28BrNO. The van der Waals surface area contributed by atoms with Crippen LogP contribution in [0.4, 0.5) is 0 Å². The third-order valence-corrected chi connectivity index (χ3v) is 3.96. The highest BCUT2D eigenvalue weighted by atomic mass is 79.9. The first-order valence-corrected chi connectivity index (χ1v) is 8.38. The molecule has 0 spiro atoms. The van der Waals surface area contributed by atoms with Gasteiger partial charge in [0.2, 0.25) is 0 Å². The van der Waals surface area contributed by atoms with Crippen LogP contribution in [0.3, 0.4) is 0 Å². The third kappa shape index (κ3) is 7.41. The molecule has 0 aliphatic carbocycles. The van der Waals surface area contributed by atoms with Crippen molar-refractivity contribution in [3.63, 3.8) is 0 Å². The van der Waals surface area contributed by atoms with Crippen LogP contribution < -0.4 is 5.32 Å². The maximum absolute atomic E-state index is 5.14. The lowest BCUT2D eigenvalue weighted by molar-refractivity contribution is 0.191. The van der Waals surface area contributed by atoms with E-state index in [9.17, 15) is 0 Å². The van der Waals surface area contributed by atoms with Gasteiger partial charge in [-0.3, -0.25) is 0 Å². The van der Waals surface area contributed by atoms with E-state index in [2.05, 4.69) is 59.4 Å². The monoisotopic (exact) mass is 341 g/mol. The summed E-state index contributed by atoms with van der Waals surface area (Å²) in [5.41, 5.74) is 1.43. The van der Waals surface area contributed by atoms with Crippen molar-refractivity contribution in [3.8, 4) is 0 Å². The summed E-state index contributed by atoms with van der Waals surface area (Å²) in [6.07, 6.45) is 3.59. The summed E-state index contributed by atoms with van der Waals surface area (Å²) < 4.78 is 6.28. The number of hydrogen-bond acceptors (Lipinski definition) is 2. The van der Waals surface area contributed by atoms with E-state index in [1.165, 1.54) is 18.4 Å². The maximum Gasteiger partial charge on any atom is 0.0462 e. The quantitative estimate of drug-likeness (QED) is 0.628. The summed E-state index contributed by atoms with van der Waals surface area (Å²) in [5, 5.41) is 3.60. The second-order valence-corrected chi connectivity index (χ2v) is 6.70. The third-order valence-electron chi connectivity index (χ3n) is 3.44. The number of rotatable bonds is 10. The largest absolute Gasteiger partial charge is 0.385 e. The van der Waals surface area contributed by atoms with Crippen LogP contribution >= 0.6 is 15.9 Å². The molecule has 0 fully saturated rings. The van der Waals surface area contributed by atoms with Gasteiger partial charge in [0.1, 0.15) is 0 Å². The van der Waals surface area contributed by atoms with Gasteiger partial charge in [0.05, 0.1) is 0 Å². The van der Waals surface area contributed by atoms with Gasteiger partial charge in [-0.15, -0.1) is 0 Å². The average Bonchev–Trinajstić information content (AvgIpc) is 2.42. The minimum Gasteiger partial charge on any atom is -0.385 e. The molecule has 3 heteroatoms. The summed E-state index contributed by atoms with van der Waals surface area (Å²) >= 11 is 3.51. The van der Waals surface area contributed by atoms with Crippen molar-refractivity contribution in [1.29, 1.82) is 0 Å². The number of methoxy groups -OCH3 is 1. The van der Waals surface area contributed by atoms with Gasteiger partial charge < -0.3 is 10.1 Å². The first-order valence-electron chi connectivity index (χ1n) is 7.58. The van der Waals surface area contributed by atoms with E-state index in [1.807, 2.05) is 0 Å². The van der Waals surface area contributed by atoms with Crippen molar-refractivity contribution in [2.24, 2.45) is 5.92 Å². The Kier molecular flexibility index (Phi) is 9.16.